The van der Waals surface area contributed by atoms with E-state index >= 15 is 0 Å². The number of amides is 1. The van der Waals surface area contributed by atoms with E-state index in [2.05, 4.69) is 4.74 Å². The van der Waals surface area contributed by atoms with Crippen LogP contribution in [-0.4, -0.2) is 42.3 Å². The summed E-state index contributed by atoms with van der Waals surface area (Å²) in [5.41, 5.74) is -0.555. The van der Waals surface area contributed by atoms with Crippen molar-refractivity contribution in [1.29, 1.82) is 0 Å². The van der Waals surface area contributed by atoms with E-state index in [1.807, 2.05) is 6.42 Å². The fourth-order valence-electron chi connectivity index (χ4n) is 1.51. The van der Waals surface area contributed by atoms with Crippen LogP contribution in [0.5, 0.6) is 0 Å². The van der Waals surface area contributed by atoms with Crippen molar-refractivity contribution < 1.29 is 40.1 Å². The van der Waals surface area contributed by atoms with Gasteiger partial charge in [-0.3, -0.25) is 0 Å². The molecule has 0 radical (unpaired) electrons. The first-order valence-corrected chi connectivity index (χ1v) is 5.24. The molecule has 1 amide bonds. The van der Waals surface area contributed by atoms with Gasteiger partial charge in [-0.15, -0.1) is 6.42 Å². The number of hydrogen-bond donors (Lipinski definition) is 0. The van der Waals surface area contributed by atoms with Gasteiger partial charge in [-0.2, -0.15) is 0 Å². The first kappa shape index (κ1) is 16.4. The van der Waals surface area contributed by atoms with Crippen molar-refractivity contribution in [3.63, 3.8) is 0 Å². The van der Waals surface area contributed by atoms with Gasteiger partial charge in [0.05, 0.1) is 7.11 Å². The average molecular weight is 412 g/mol. The molecule has 17 heavy (non-hydrogen) atoms. The van der Waals surface area contributed by atoms with Gasteiger partial charge < -0.3 is 20.8 Å². The predicted octanol–water partition coefficient (Wildman–Crippen LogP) is 1.37. The Labute approximate surface area is 116 Å². The summed E-state index contributed by atoms with van der Waals surface area (Å²) in [6, 6.07) is -0.542. The van der Waals surface area contributed by atoms with E-state index < -0.39 is 23.7 Å². The Hall–Kier alpha value is -0.572. The molecule has 1 heterocycles. The maximum atomic E-state index is 11.8. The van der Waals surface area contributed by atoms with Crippen LogP contribution >= 0.6 is 0 Å². The topological polar surface area (TPSA) is 55.8 Å². The van der Waals surface area contributed by atoms with Gasteiger partial charge in [0.1, 0.15) is 11.6 Å². The van der Waals surface area contributed by atoms with Crippen LogP contribution in [0.2, 0.25) is 0 Å². The molecule has 0 unspecified atom stereocenters. The normalized spacial score (nSPS) is 19.5. The van der Waals surface area contributed by atoms with E-state index in [1.54, 1.807) is 20.8 Å². The number of hydrogen-bond acceptors (Lipinski definition) is 4. The fourth-order valence-corrected chi connectivity index (χ4v) is 1.51. The molecule has 0 N–H and O–H groups in total. The standard InChI is InChI=1S/C11H18NO4.W/c1-11(2,3)16-10(14)12-7-5-6-8(12)9(13)15-4;/h5,8H,6-7H2,1-4H3;/q-1;/t8-;/m0./s1. The summed E-state index contributed by atoms with van der Waals surface area (Å²) < 4.78 is 9.84. The van der Waals surface area contributed by atoms with Crippen LogP contribution in [0.15, 0.2) is 0 Å². The minimum atomic E-state index is -0.555. The minimum Gasteiger partial charge on any atom is -0.468 e. The first-order valence-electron chi connectivity index (χ1n) is 5.24. The third-order valence-corrected chi connectivity index (χ3v) is 2.19. The molecular formula is C11H18NO4W-. The minimum absolute atomic E-state index is 0. The number of carbonyl (C=O) groups excluding carboxylic acids is 2. The van der Waals surface area contributed by atoms with Crippen molar-refractivity contribution in [3.8, 4) is 0 Å². The molecule has 1 fully saturated rings. The second-order valence-electron chi connectivity index (χ2n) is 4.70. The molecule has 0 spiro atoms. The summed E-state index contributed by atoms with van der Waals surface area (Å²) in [4.78, 5) is 24.6. The molecule has 1 rings (SSSR count). The summed E-state index contributed by atoms with van der Waals surface area (Å²) in [7, 11) is 1.31. The van der Waals surface area contributed by atoms with Gasteiger partial charge in [0, 0.05) is 21.1 Å². The van der Waals surface area contributed by atoms with Crippen molar-refractivity contribution in [2.75, 3.05) is 13.7 Å². The van der Waals surface area contributed by atoms with Crippen molar-refractivity contribution in [2.45, 2.75) is 38.8 Å². The van der Waals surface area contributed by atoms with E-state index in [4.69, 9.17) is 4.74 Å². The number of ether oxygens (including phenoxy) is 2. The van der Waals surface area contributed by atoms with Crippen molar-refractivity contribution in [1.82, 2.24) is 4.90 Å². The van der Waals surface area contributed by atoms with Gasteiger partial charge in [-0.05, 0) is 20.8 Å². The van der Waals surface area contributed by atoms with Crippen LogP contribution in [0.1, 0.15) is 27.2 Å². The molecule has 0 saturated carbocycles. The smallest absolute Gasteiger partial charge is 0.408 e. The number of rotatable bonds is 1. The predicted molar refractivity (Wildman–Crippen MR) is 57.7 cm³/mol. The van der Waals surface area contributed by atoms with Crippen LogP contribution in [-0.2, 0) is 35.3 Å². The van der Waals surface area contributed by atoms with E-state index in [-0.39, 0.29) is 21.1 Å². The monoisotopic (exact) mass is 412 g/mol. The molecule has 0 bridgehead atoms. The van der Waals surface area contributed by atoms with Gasteiger partial charge in [0.2, 0.25) is 0 Å². The Balaban J connectivity index is 0.00000256. The SMILES string of the molecule is COC(=O)[C@@H]1C[CH-]CN1C(=O)OC(C)(C)C.[W]. The third kappa shape index (κ3) is 4.66. The summed E-state index contributed by atoms with van der Waals surface area (Å²) in [6.07, 6.45) is 1.91. The summed E-state index contributed by atoms with van der Waals surface area (Å²) in [6.45, 7) is 5.79. The Morgan fingerprint density at radius 3 is 2.41 bits per heavy atom. The Bertz CT molecular complexity index is 288. The Morgan fingerprint density at radius 1 is 1.35 bits per heavy atom. The number of nitrogens with zero attached hydrogens (tertiary/aromatic N) is 1. The zero-order valence-corrected chi connectivity index (χ0v) is 13.5. The molecule has 0 aromatic rings. The molecule has 98 valence electrons. The van der Waals surface area contributed by atoms with E-state index in [0.29, 0.717) is 13.0 Å². The molecule has 0 aliphatic carbocycles. The molecule has 0 aromatic carbocycles. The zero-order chi connectivity index (χ0) is 12.3. The van der Waals surface area contributed by atoms with E-state index in [1.165, 1.54) is 12.0 Å². The third-order valence-electron chi connectivity index (χ3n) is 2.19. The molecule has 6 heteroatoms. The second kappa shape index (κ2) is 6.38. The quantitative estimate of drug-likeness (QED) is 0.483. The van der Waals surface area contributed by atoms with Crippen LogP contribution < -0.4 is 0 Å². The van der Waals surface area contributed by atoms with E-state index in [0.717, 1.165) is 0 Å². The number of likely N-dealkylation sites (tertiary alicyclic amines) is 1. The van der Waals surface area contributed by atoms with Crippen molar-refractivity contribution >= 4 is 12.1 Å². The van der Waals surface area contributed by atoms with Gasteiger partial charge in [-0.1, -0.05) is 6.54 Å². The van der Waals surface area contributed by atoms with Gasteiger partial charge in [-0.25, -0.2) is 9.59 Å². The van der Waals surface area contributed by atoms with Crippen LogP contribution in [0, 0.1) is 6.42 Å². The first-order chi connectivity index (χ1) is 7.35. The summed E-state index contributed by atoms with van der Waals surface area (Å²) >= 11 is 0. The maximum Gasteiger partial charge on any atom is 0.408 e. The number of esters is 1. The number of methoxy groups -OCH3 is 1. The number of carbonyl (C=O) groups is 2. The second-order valence-corrected chi connectivity index (χ2v) is 4.70. The Morgan fingerprint density at radius 2 is 1.94 bits per heavy atom. The zero-order valence-electron chi connectivity index (χ0n) is 10.6. The maximum absolute atomic E-state index is 11.8. The van der Waals surface area contributed by atoms with Crippen molar-refractivity contribution in [2.24, 2.45) is 0 Å². The summed E-state index contributed by atoms with van der Waals surface area (Å²) in [5, 5.41) is 0. The largest absolute Gasteiger partial charge is 0.468 e. The van der Waals surface area contributed by atoms with Gasteiger partial charge in [0.15, 0.2) is 0 Å². The molecule has 1 saturated heterocycles. The molecule has 1 aliphatic heterocycles. The average Bonchev–Trinajstić information content (AvgIpc) is 2.62. The molecule has 1 atom stereocenters. The van der Waals surface area contributed by atoms with Crippen LogP contribution in [0.3, 0.4) is 0 Å². The van der Waals surface area contributed by atoms with Gasteiger partial charge in [0.25, 0.3) is 0 Å². The van der Waals surface area contributed by atoms with E-state index in [9.17, 15) is 9.59 Å². The fraction of sp³-hybridized carbons (Fsp3) is 0.727. The van der Waals surface area contributed by atoms with Crippen LogP contribution in [0.4, 0.5) is 4.79 Å². The summed E-state index contributed by atoms with van der Waals surface area (Å²) in [5.74, 6) is -0.403. The molecule has 1 aliphatic rings. The molecular weight excluding hydrogens is 394 g/mol. The van der Waals surface area contributed by atoms with Crippen molar-refractivity contribution in [3.05, 3.63) is 6.42 Å². The van der Waals surface area contributed by atoms with Gasteiger partial charge >= 0.3 is 12.1 Å². The molecule has 0 aromatic heterocycles. The van der Waals surface area contributed by atoms with Crippen LogP contribution in [0.25, 0.3) is 0 Å². The Kier molecular flexibility index (Phi) is 6.17. The molecule has 5 nitrogen and oxygen atoms in total.